The van der Waals surface area contributed by atoms with E-state index in [4.69, 9.17) is 11.6 Å². The Hall–Kier alpha value is -2.75. The largest absolute Gasteiger partial charge is 0.340 e. The molecule has 2 aliphatic rings. The Bertz CT molecular complexity index is 1120. The maximum Gasteiger partial charge on any atom is 0.261 e. The minimum atomic E-state index is -3.64. The summed E-state index contributed by atoms with van der Waals surface area (Å²) in [6.45, 7) is 1.16. The van der Waals surface area contributed by atoms with E-state index in [1.807, 2.05) is 0 Å². The minimum absolute atomic E-state index is 0.120. The lowest BCUT2D eigenvalue weighted by Gasteiger charge is -2.34. The van der Waals surface area contributed by atoms with E-state index >= 15 is 0 Å². The molecule has 0 bridgehead atoms. The van der Waals surface area contributed by atoms with E-state index in [2.05, 4.69) is 0 Å². The van der Waals surface area contributed by atoms with Crippen molar-refractivity contribution in [2.45, 2.75) is 17.7 Å². The number of fused-ring (bicyclic) bond motifs is 1. The van der Waals surface area contributed by atoms with Crippen molar-refractivity contribution in [3.8, 4) is 0 Å². The number of sulfonamides is 1. The maximum absolute atomic E-state index is 12.8. The standard InChI is InChI=1S/C22H22ClN3O5S/c23-16-7-9-17(10-8-16)32(30,31)25-14-12-24(13-15-25)20(27)6-3-11-26-21(28)18-4-1-2-5-19(18)22(26)29/h1-2,4-5,7-10H,3,6,11-15H2. The first kappa shape index (κ1) is 22.4. The summed E-state index contributed by atoms with van der Waals surface area (Å²) in [4.78, 5) is 40.3. The zero-order chi connectivity index (χ0) is 22.9. The summed E-state index contributed by atoms with van der Waals surface area (Å²) >= 11 is 5.83. The van der Waals surface area contributed by atoms with Gasteiger partial charge < -0.3 is 4.90 Å². The summed E-state index contributed by atoms with van der Waals surface area (Å²) < 4.78 is 26.9. The van der Waals surface area contributed by atoms with Gasteiger partial charge in [-0.25, -0.2) is 8.42 Å². The van der Waals surface area contributed by atoms with Crippen LogP contribution in [0.2, 0.25) is 5.02 Å². The number of nitrogens with zero attached hydrogens (tertiary/aromatic N) is 3. The molecule has 8 nitrogen and oxygen atoms in total. The van der Waals surface area contributed by atoms with Crippen LogP contribution in [-0.4, -0.2) is 73.0 Å². The summed E-state index contributed by atoms with van der Waals surface area (Å²) in [7, 11) is -3.64. The number of hydrogen-bond donors (Lipinski definition) is 0. The van der Waals surface area contributed by atoms with Gasteiger partial charge in [-0.05, 0) is 42.8 Å². The van der Waals surface area contributed by atoms with Crippen molar-refractivity contribution >= 4 is 39.3 Å². The van der Waals surface area contributed by atoms with Crippen molar-refractivity contribution in [1.82, 2.24) is 14.1 Å². The van der Waals surface area contributed by atoms with Gasteiger partial charge >= 0.3 is 0 Å². The third-order valence-electron chi connectivity index (χ3n) is 5.69. The smallest absolute Gasteiger partial charge is 0.261 e. The molecule has 4 rings (SSSR count). The Morgan fingerprint density at radius 1 is 0.875 bits per heavy atom. The second kappa shape index (κ2) is 9.01. The topological polar surface area (TPSA) is 95.1 Å². The van der Waals surface area contributed by atoms with Crippen molar-refractivity contribution in [2.24, 2.45) is 0 Å². The number of rotatable bonds is 6. The summed E-state index contributed by atoms with van der Waals surface area (Å²) in [6, 6.07) is 12.7. The van der Waals surface area contributed by atoms with E-state index in [9.17, 15) is 22.8 Å². The first-order chi connectivity index (χ1) is 15.3. The van der Waals surface area contributed by atoms with Crippen LogP contribution in [0.5, 0.6) is 0 Å². The molecule has 1 fully saturated rings. The van der Waals surface area contributed by atoms with Gasteiger partial charge in [-0.1, -0.05) is 23.7 Å². The second-order valence-corrected chi connectivity index (χ2v) is 10.0. The molecule has 10 heteroatoms. The first-order valence-electron chi connectivity index (χ1n) is 10.3. The summed E-state index contributed by atoms with van der Waals surface area (Å²) in [5.74, 6) is -0.789. The van der Waals surface area contributed by atoms with Gasteiger partial charge in [-0.3, -0.25) is 19.3 Å². The number of piperazine rings is 1. The maximum atomic E-state index is 12.8. The Kier molecular flexibility index (Phi) is 6.32. The highest BCUT2D eigenvalue weighted by atomic mass is 35.5. The Morgan fingerprint density at radius 2 is 1.44 bits per heavy atom. The Labute approximate surface area is 191 Å². The second-order valence-electron chi connectivity index (χ2n) is 7.65. The van der Waals surface area contributed by atoms with Crippen LogP contribution in [0, 0.1) is 0 Å². The number of halogens is 1. The average Bonchev–Trinajstić information content (AvgIpc) is 3.04. The fourth-order valence-corrected chi connectivity index (χ4v) is 5.47. The fourth-order valence-electron chi connectivity index (χ4n) is 3.92. The van der Waals surface area contributed by atoms with E-state index in [-0.39, 0.29) is 48.7 Å². The van der Waals surface area contributed by atoms with Crippen molar-refractivity contribution in [3.63, 3.8) is 0 Å². The highest BCUT2D eigenvalue weighted by Crippen LogP contribution is 2.23. The van der Waals surface area contributed by atoms with Crippen LogP contribution in [0.3, 0.4) is 0 Å². The van der Waals surface area contributed by atoms with Gasteiger partial charge in [0.15, 0.2) is 0 Å². The third-order valence-corrected chi connectivity index (χ3v) is 7.86. The molecule has 0 aromatic heterocycles. The van der Waals surface area contributed by atoms with Crippen LogP contribution >= 0.6 is 11.6 Å². The van der Waals surface area contributed by atoms with E-state index in [0.717, 1.165) is 0 Å². The summed E-state index contributed by atoms with van der Waals surface area (Å²) in [5, 5.41) is 0.459. The highest BCUT2D eigenvalue weighted by Gasteiger charge is 2.35. The van der Waals surface area contributed by atoms with Crippen LogP contribution in [0.15, 0.2) is 53.4 Å². The quantitative estimate of drug-likeness (QED) is 0.597. The van der Waals surface area contributed by atoms with Gasteiger partial charge in [-0.2, -0.15) is 4.31 Å². The number of carbonyl (C=O) groups is 3. The van der Waals surface area contributed by atoms with Gasteiger partial charge in [0.25, 0.3) is 11.8 Å². The predicted octanol–water partition coefficient (Wildman–Crippen LogP) is 2.25. The van der Waals surface area contributed by atoms with E-state index in [0.29, 0.717) is 35.7 Å². The molecule has 3 amide bonds. The number of carbonyl (C=O) groups excluding carboxylic acids is 3. The molecule has 2 aromatic rings. The molecule has 2 aromatic carbocycles. The zero-order valence-electron chi connectivity index (χ0n) is 17.2. The Balaban J connectivity index is 1.27. The van der Waals surface area contributed by atoms with Crippen LogP contribution in [-0.2, 0) is 14.8 Å². The summed E-state index contributed by atoms with van der Waals surface area (Å²) in [6.07, 6.45) is 0.533. The minimum Gasteiger partial charge on any atom is -0.340 e. The van der Waals surface area contributed by atoms with Crippen LogP contribution in [0.4, 0.5) is 0 Å². The molecule has 0 radical (unpaired) electrons. The SMILES string of the molecule is O=C(CCCN1C(=O)c2ccccc2C1=O)N1CCN(S(=O)(=O)c2ccc(Cl)cc2)CC1. The lowest BCUT2D eigenvalue weighted by Crippen LogP contribution is -2.50. The third kappa shape index (κ3) is 4.28. The number of hydrogen-bond acceptors (Lipinski definition) is 5. The predicted molar refractivity (Wildman–Crippen MR) is 118 cm³/mol. The van der Waals surface area contributed by atoms with Crippen molar-refractivity contribution < 1.29 is 22.8 Å². The van der Waals surface area contributed by atoms with Gasteiger partial charge in [0.05, 0.1) is 16.0 Å². The number of imide groups is 1. The molecule has 168 valence electrons. The molecule has 1 saturated heterocycles. The molecular formula is C22H22ClN3O5S. The van der Waals surface area contributed by atoms with Gasteiger partial charge in [0.2, 0.25) is 15.9 Å². The normalized spacial score (nSPS) is 17.0. The van der Waals surface area contributed by atoms with Crippen molar-refractivity contribution in [1.29, 1.82) is 0 Å². The van der Waals surface area contributed by atoms with Crippen LogP contribution in [0.1, 0.15) is 33.6 Å². The monoisotopic (exact) mass is 475 g/mol. The van der Waals surface area contributed by atoms with Gasteiger partial charge in [0, 0.05) is 44.2 Å². The molecular weight excluding hydrogens is 454 g/mol. The fraction of sp³-hybridized carbons (Fsp3) is 0.318. The molecule has 0 aliphatic carbocycles. The number of benzene rings is 2. The molecule has 0 N–H and O–H groups in total. The molecule has 32 heavy (non-hydrogen) atoms. The lowest BCUT2D eigenvalue weighted by molar-refractivity contribution is -0.132. The molecule has 0 atom stereocenters. The lowest BCUT2D eigenvalue weighted by atomic mass is 10.1. The van der Waals surface area contributed by atoms with Crippen LogP contribution in [0.25, 0.3) is 0 Å². The van der Waals surface area contributed by atoms with Crippen molar-refractivity contribution in [2.75, 3.05) is 32.7 Å². The van der Waals surface area contributed by atoms with E-state index in [1.165, 1.54) is 33.5 Å². The number of amides is 3. The van der Waals surface area contributed by atoms with E-state index in [1.54, 1.807) is 29.2 Å². The van der Waals surface area contributed by atoms with Gasteiger partial charge in [-0.15, -0.1) is 0 Å². The summed E-state index contributed by atoms with van der Waals surface area (Å²) in [5.41, 5.74) is 0.781. The Morgan fingerprint density at radius 3 is 2.00 bits per heavy atom. The molecule has 0 spiro atoms. The van der Waals surface area contributed by atoms with Gasteiger partial charge in [0.1, 0.15) is 0 Å². The van der Waals surface area contributed by atoms with E-state index < -0.39 is 10.0 Å². The van der Waals surface area contributed by atoms with Crippen LogP contribution < -0.4 is 0 Å². The first-order valence-corrected chi connectivity index (χ1v) is 12.1. The molecule has 2 aliphatic heterocycles. The molecule has 0 unspecified atom stereocenters. The van der Waals surface area contributed by atoms with Crippen molar-refractivity contribution in [3.05, 3.63) is 64.7 Å². The molecule has 0 saturated carbocycles. The highest BCUT2D eigenvalue weighted by molar-refractivity contribution is 7.89. The zero-order valence-corrected chi connectivity index (χ0v) is 18.8. The average molecular weight is 476 g/mol. The molecule has 2 heterocycles.